The zero-order chi connectivity index (χ0) is 32.5. The molecule has 0 atom stereocenters. The summed E-state index contributed by atoms with van der Waals surface area (Å²) in [6.07, 6.45) is 1.79. The molecule has 22 heteroatoms. The van der Waals surface area contributed by atoms with Gasteiger partial charge in [0.25, 0.3) is 22.5 Å². The summed E-state index contributed by atoms with van der Waals surface area (Å²) in [6, 6.07) is 10.1. The molecule has 43 heavy (non-hydrogen) atoms. The van der Waals surface area contributed by atoms with E-state index in [-0.39, 0.29) is 61.1 Å². The molecular weight excluding hydrogens is 654 g/mol. The Labute approximate surface area is 260 Å². The van der Waals surface area contributed by atoms with Crippen LogP contribution in [-0.2, 0) is 0 Å². The van der Waals surface area contributed by atoms with E-state index in [0.717, 1.165) is 24.3 Å². The van der Waals surface area contributed by atoms with E-state index in [0.29, 0.717) is 5.82 Å². The third-order valence-corrected chi connectivity index (χ3v) is 4.38. The maximum absolute atomic E-state index is 10.5. The fourth-order valence-electron chi connectivity index (χ4n) is 2.16. The number of aromatic nitrogens is 9. The van der Waals surface area contributed by atoms with Crippen LogP contribution in [0.5, 0.6) is 5.88 Å². The molecule has 5 aromatic heterocycles. The van der Waals surface area contributed by atoms with Crippen molar-refractivity contribution in [3.8, 4) is 5.88 Å². The molecule has 5 aromatic rings. The number of hydrogen-bond donors (Lipinski definition) is 8. The minimum atomic E-state index is -0.465. The number of halogens is 4. The lowest BCUT2D eigenvalue weighted by Gasteiger charge is -2.02. The molecule has 5 heterocycles. The fraction of sp³-hybridized carbons (Fsp3) is 0. The average molecular weight is 676 g/mol. The van der Waals surface area contributed by atoms with Crippen molar-refractivity contribution in [3.63, 3.8) is 0 Å². The van der Waals surface area contributed by atoms with Crippen LogP contribution in [0.4, 0.5) is 29.6 Å². The molecule has 5 rings (SSSR count). The van der Waals surface area contributed by atoms with Gasteiger partial charge in [0.05, 0.1) is 6.20 Å². The number of pyridine rings is 1. The highest BCUT2D eigenvalue weighted by molar-refractivity contribution is 6.30. The first-order chi connectivity index (χ1) is 20.1. The summed E-state index contributed by atoms with van der Waals surface area (Å²) in [5.74, 6) is 0.245. The predicted octanol–water partition coefficient (Wildman–Crippen LogP) is -0.115. The Hall–Kier alpha value is -5.17. The Morgan fingerprint density at radius 1 is 0.605 bits per heavy atom. The number of anilines is 5. The first kappa shape index (κ1) is 35.9. The van der Waals surface area contributed by atoms with Crippen LogP contribution < -0.4 is 55.4 Å². The number of aromatic amines is 4. The van der Waals surface area contributed by atoms with Crippen molar-refractivity contribution in [1.82, 2.24) is 39.9 Å². The molecule has 228 valence electrons. The second-order valence-corrected chi connectivity index (χ2v) is 8.61. The SMILES string of the molecule is Nc1cccc[nH+]1.Nc1nc(Cl)cc(=O)[nH]1.Nc1nc(Cl)cc(=O)[nH]1.Nc1nc(Cl)cc(=O)[nH]1.Nc1nc([O-])cc(Cl)n1. The summed E-state index contributed by atoms with van der Waals surface area (Å²) in [6.45, 7) is 0. The van der Waals surface area contributed by atoms with E-state index in [1.165, 1.54) is 0 Å². The van der Waals surface area contributed by atoms with Gasteiger partial charge in [-0.2, -0.15) is 0 Å². The Balaban J connectivity index is 0.000000269. The number of nitrogens with zero attached hydrogens (tertiary/aromatic N) is 5. The Morgan fingerprint density at radius 2 is 1.00 bits per heavy atom. The lowest BCUT2D eigenvalue weighted by Crippen LogP contribution is -2.08. The van der Waals surface area contributed by atoms with Gasteiger partial charge in [0, 0.05) is 24.3 Å². The lowest BCUT2D eigenvalue weighted by molar-refractivity contribution is -0.360. The van der Waals surface area contributed by atoms with Gasteiger partial charge in [0.2, 0.25) is 23.8 Å². The third-order valence-electron chi connectivity index (χ3n) is 3.61. The van der Waals surface area contributed by atoms with E-state index >= 15 is 0 Å². The summed E-state index contributed by atoms with van der Waals surface area (Å²) in [7, 11) is 0. The van der Waals surface area contributed by atoms with Crippen LogP contribution in [-0.4, -0.2) is 39.9 Å². The number of nitrogen functional groups attached to an aromatic ring is 5. The van der Waals surface area contributed by atoms with Crippen molar-refractivity contribution in [1.29, 1.82) is 0 Å². The van der Waals surface area contributed by atoms with Crippen molar-refractivity contribution in [2.75, 3.05) is 28.7 Å². The molecule has 0 saturated carbocycles. The molecule has 18 nitrogen and oxygen atoms in total. The maximum atomic E-state index is 10.5. The predicted molar refractivity (Wildman–Crippen MR) is 161 cm³/mol. The second kappa shape index (κ2) is 18.3. The van der Waals surface area contributed by atoms with Gasteiger partial charge in [-0.1, -0.05) is 52.5 Å². The minimum Gasteiger partial charge on any atom is -0.858 e. The molecule has 0 radical (unpaired) electrons. The Morgan fingerprint density at radius 3 is 1.23 bits per heavy atom. The van der Waals surface area contributed by atoms with Crippen LogP contribution in [0.2, 0.25) is 20.6 Å². The zero-order valence-corrected chi connectivity index (χ0v) is 24.4. The highest BCUT2D eigenvalue weighted by atomic mass is 35.5. The average Bonchev–Trinajstić information content (AvgIpc) is 2.82. The molecule has 0 saturated heterocycles. The fourth-order valence-corrected chi connectivity index (χ4v) is 2.91. The number of rotatable bonds is 0. The summed E-state index contributed by atoms with van der Waals surface area (Å²) in [5, 5.41) is 10.8. The minimum absolute atomic E-state index is 0.0347. The molecule has 0 aliphatic heterocycles. The summed E-state index contributed by atoms with van der Waals surface area (Å²) < 4.78 is 0. The van der Waals surface area contributed by atoms with Gasteiger partial charge in [0.15, 0.2) is 0 Å². The van der Waals surface area contributed by atoms with Crippen molar-refractivity contribution >= 4 is 76.0 Å². The first-order valence-electron chi connectivity index (χ1n) is 10.9. The molecule has 0 spiro atoms. The van der Waals surface area contributed by atoms with Crippen molar-refractivity contribution in [2.24, 2.45) is 0 Å². The summed E-state index contributed by atoms with van der Waals surface area (Å²) in [4.78, 5) is 58.2. The normalized spacial score (nSPS) is 9.30. The molecule has 0 aromatic carbocycles. The smallest absolute Gasteiger partial charge is 0.269 e. The van der Waals surface area contributed by atoms with Crippen LogP contribution in [0.25, 0.3) is 0 Å². The van der Waals surface area contributed by atoms with Crippen LogP contribution in [0.15, 0.2) is 63.0 Å². The third kappa shape index (κ3) is 17.3. The number of nitrogens with two attached hydrogens (primary N) is 5. The van der Waals surface area contributed by atoms with E-state index in [1.54, 1.807) is 12.3 Å². The van der Waals surface area contributed by atoms with E-state index < -0.39 is 5.88 Å². The molecule has 14 N–H and O–H groups in total. The van der Waals surface area contributed by atoms with Gasteiger partial charge < -0.3 is 28.0 Å². The standard InChI is InChI=1S/C5H6N2.4C4H4ClN3O/c6-5-3-1-2-4-7-5;4*5-2-1-3(9)8-4(6)7-2/h1-4H,(H2,6,7);4*1H,(H3,6,7,8,9). The van der Waals surface area contributed by atoms with Crippen molar-refractivity contribution in [3.05, 3.63) is 100 Å². The molecule has 0 bridgehead atoms. The largest absolute Gasteiger partial charge is 0.858 e. The number of H-pyrrole nitrogens is 4. The highest BCUT2D eigenvalue weighted by Gasteiger charge is 1.93. The van der Waals surface area contributed by atoms with Crippen LogP contribution in [0, 0.1) is 0 Å². The van der Waals surface area contributed by atoms with E-state index in [4.69, 9.17) is 75.1 Å². The summed E-state index contributed by atoms with van der Waals surface area (Å²) in [5.41, 5.74) is 24.7. The van der Waals surface area contributed by atoms with Crippen LogP contribution >= 0.6 is 46.4 Å². The monoisotopic (exact) mass is 674 g/mol. The van der Waals surface area contributed by atoms with Gasteiger partial charge in [-0.15, -0.1) is 0 Å². The number of nitrogens with one attached hydrogen (secondary N) is 4. The van der Waals surface area contributed by atoms with Gasteiger partial charge in [-0.25, -0.2) is 29.9 Å². The van der Waals surface area contributed by atoms with Gasteiger partial charge in [-0.3, -0.25) is 35.1 Å². The van der Waals surface area contributed by atoms with E-state index in [1.807, 2.05) is 12.1 Å². The van der Waals surface area contributed by atoms with Crippen molar-refractivity contribution < 1.29 is 10.1 Å². The molecule has 0 aliphatic carbocycles. The van der Waals surface area contributed by atoms with Gasteiger partial charge in [-0.05, 0) is 18.0 Å². The van der Waals surface area contributed by atoms with Gasteiger partial charge >= 0.3 is 0 Å². The lowest BCUT2D eigenvalue weighted by atomic mass is 10.5. The van der Waals surface area contributed by atoms with Crippen molar-refractivity contribution in [2.45, 2.75) is 0 Å². The summed E-state index contributed by atoms with van der Waals surface area (Å²) >= 11 is 21.3. The Kier molecular flexibility index (Phi) is 15.3. The maximum Gasteiger partial charge on any atom is 0.269 e. The topological polar surface area (TPSA) is 330 Å². The quantitative estimate of drug-likeness (QED) is 0.0992. The zero-order valence-electron chi connectivity index (χ0n) is 21.4. The van der Waals surface area contributed by atoms with E-state index in [9.17, 15) is 19.5 Å². The number of hydrogen-bond acceptors (Lipinski definition) is 14. The first-order valence-corrected chi connectivity index (χ1v) is 12.4. The molecule has 0 aliphatic rings. The molecule has 0 fully saturated rings. The Bertz CT molecular complexity index is 1510. The second-order valence-electron chi connectivity index (χ2n) is 7.07. The van der Waals surface area contributed by atoms with Crippen LogP contribution in [0.1, 0.15) is 0 Å². The van der Waals surface area contributed by atoms with Crippen LogP contribution in [0.3, 0.4) is 0 Å². The van der Waals surface area contributed by atoms with E-state index in [2.05, 4.69) is 44.9 Å². The highest BCUT2D eigenvalue weighted by Crippen LogP contribution is 2.09. The van der Waals surface area contributed by atoms with Gasteiger partial charge in [0.1, 0.15) is 20.6 Å². The molecule has 0 amide bonds. The molecule has 0 unspecified atom stereocenters. The molecular formula is C21H22Cl4N14O4.